The summed E-state index contributed by atoms with van der Waals surface area (Å²) in [6.45, 7) is 2.04. The van der Waals surface area contributed by atoms with Crippen LogP contribution in [0, 0.1) is 6.92 Å². The molecule has 1 aromatic heterocycles. The fourth-order valence-electron chi connectivity index (χ4n) is 4.10. The molecular weight excluding hydrogens is 432 g/mol. The number of benzene rings is 3. The van der Waals surface area contributed by atoms with Crippen molar-refractivity contribution in [3.63, 3.8) is 0 Å². The Morgan fingerprint density at radius 3 is 2.15 bits per heavy atom. The van der Waals surface area contributed by atoms with Crippen LogP contribution in [0.15, 0.2) is 96.2 Å². The number of hydrogen-bond donors (Lipinski definition) is 0. The second-order valence-electron chi connectivity index (χ2n) is 8.25. The number of sulfonamides is 1. The molecular formula is C26H24N4O2S. The third-order valence-electron chi connectivity index (χ3n) is 5.77. The van der Waals surface area contributed by atoms with Crippen LogP contribution >= 0.6 is 0 Å². The summed E-state index contributed by atoms with van der Waals surface area (Å²) in [7, 11) is -3.55. The fourth-order valence-corrected chi connectivity index (χ4v) is 5.01. The number of rotatable bonds is 5. The zero-order valence-corrected chi connectivity index (χ0v) is 19.3. The number of aromatic nitrogens is 2. The third-order valence-corrected chi connectivity index (χ3v) is 6.78. The van der Waals surface area contributed by atoms with Crippen molar-refractivity contribution in [1.29, 1.82) is 0 Å². The van der Waals surface area contributed by atoms with E-state index in [9.17, 15) is 8.42 Å². The highest BCUT2D eigenvalue weighted by Crippen LogP contribution is 2.37. The van der Waals surface area contributed by atoms with Gasteiger partial charge in [-0.1, -0.05) is 78.4 Å². The summed E-state index contributed by atoms with van der Waals surface area (Å²) in [5.74, 6) is 0. The van der Waals surface area contributed by atoms with Gasteiger partial charge in [0.15, 0.2) is 0 Å². The lowest BCUT2D eigenvalue weighted by Gasteiger charge is -2.21. The average molecular weight is 457 g/mol. The van der Waals surface area contributed by atoms with Gasteiger partial charge in [-0.2, -0.15) is 14.6 Å². The largest absolute Gasteiger partial charge is 0.247 e. The second kappa shape index (κ2) is 8.33. The molecule has 1 atom stereocenters. The van der Waals surface area contributed by atoms with Crippen LogP contribution in [-0.4, -0.2) is 34.6 Å². The maximum atomic E-state index is 12.6. The molecule has 0 radical (unpaired) electrons. The first-order valence-corrected chi connectivity index (χ1v) is 12.6. The maximum Gasteiger partial charge on any atom is 0.247 e. The molecule has 0 aliphatic carbocycles. The molecule has 7 heteroatoms. The van der Waals surface area contributed by atoms with Crippen LogP contribution in [0.2, 0.25) is 0 Å². The van der Waals surface area contributed by atoms with Crippen molar-refractivity contribution in [1.82, 2.24) is 14.2 Å². The molecule has 3 aromatic carbocycles. The SMILES string of the molecule is Cc1ccc(-c2nn(-c3ccccc3)cc2C2=NN(S(C)(=O)=O)[C@@H](c3ccccc3)C2)cc1. The van der Waals surface area contributed by atoms with Gasteiger partial charge in [-0.05, 0) is 24.6 Å². The number of hydrogen-bond acceptors (Lipinski definition) is 4. The minimum absolute atomic E-state index is 0.387. The van der Waals surface area contributed by atoms with Crippen LogP contribution in [0.5, 0.6) is 0 Å². The highest BCUT2D eigenvalue weighted by molar-refractivity contribution is 7.88. The molecule has 0 fully saturated rings. The first-order chi connectivity index (χ1) is 15.9. The summed E-state index contributed by atoms with van der Waals surface area (Å²) in [5.41, 5.74) is 6.27. The molecule has 0 saturated carbocycles. The third kappa shape index (κ3) is 4.19. The smallest absolute Gasteiger partial charge is 0.240 e. The van der Waals surface area contributed by atoms with Crippen molar-refractivity contribution in [2.75, 3.05) is 6.26 Å². The second-order valence-corrected chi connectivity index (χ2v) is 10.1. The maximum absolute atomic E-state index is 12.6. The van der Waals surface area contributed by atoms with Crippen molar-refractivity contribution in [3.05, 3.63) is 108 Å². The molecule has 0 unspecified atom stereocenters. The summed E-state index contributed by atoms with van der Waals surface area (Å²) >= 11 is 0. The van der Waals surface area contributed by atoms with Gasteiger partial charge in [0.05, 0.1) is 23.7 Å². The van der Waals surface area contributed by atoms with E-state index < -0.39 is 10.0 Å². The molecule has 1 aliphatic rings. The molecule has 6 nitrogen and oxygen atoms in total. The van der Waals surface area contributed by atoms with Gasteiger partial charge in [0.1, 0.15) is 5.69 Å². The Balaban J connectivity index is 1.64. The quantitative estimate of drug-likeness (QED) is 0.426. The summed E-state index contributed by atoms with van der Waals surface area (Å²) in [4.78, 5) is 0. The first kappa shape index (κ1) is 21.2. The summed E-state index contributed by atoms with van der Waals surface area (Å²) in [5, 5.41) is 9.48. The lowest BCUT2D eigenvalue weighted by molar-refractivity contribution is 0.375. The summed E-state index contributed by atoms with van der Waals surface area (Å²) in [6.07, 6.45) is 3.61. The predicted molar refractivity (Wildman–Crippen MR) is 131 cm³/mol. The fraction of sp³-hybridized carbons (Fsp3) is 0.154. The van der Waals surface area contributed by atoms with Gasteiger partial charge in [0, 0.05) is 23.7 Å². The Morgan fingerprint density at radius 2 is 1.52 bits per heavy atom. The Bertz CT molecular complexity index is 1410. The van der Waals surface area contributed by atoms with Crippen molar-refractivity contribution in [2.24, 2.45) is 5.10 Å². The zero-order valence-electron chi connectivity index (χ0n) is 18.5. The molecule has 166 valence electrons. The molecule has 0 N–H and O–H groups in total. The topological polar surface area (TPSA) is 67.6 Å². The van der Waals surface area contributed by atoms with E-state index in [0.29, 0.717) is 12.1 Å². The summed E-state index contributed by atoms with van der Waals surface area (Å²) < 4.78 is 28.3. The summed E-state index contributed by atoms with van der Waals surface area (Å²) in [6, 6.07) is 27.3. The molecule has 0 amide bonds. The standard InChI is InChI=1S/C26H24N4O2S/c1-19-13-15-21(16-14-19)26-23(18-29(28-26)22-11-7-4-8-12-22)24-17-25(20-9-5-3-6-10-20)30(27-24)33(2,31)32/h3-16,18,25H,17H2,1-2H3/t25-/m1/s1. The van der Waals surface area contributed by atoms with Gasteiger partial charge < -0.3 is 0 Å². The van der Waals surface area contributed by atoms with Gasteiger partial charge in [-0.15, -0.1) is 0 Å². The van der Waals surface area contributed by atoms with E-state index in [1.54, 1.807) is 0 Å². The molecule has 1 aliphatic heterocycles. The van der Waals surface area contributed by atoms with Gasteiger partial charge in [-0.3, -0.25) is 0 Å². The number of hydrazone groups is 1. The lowest BCUT2D eigenvalue weighted by Crippen LogP contribution is -2.25. The molecule has 4 aromatic rings. The van der Waals surface area contributed by atoms with Gasteiger partial charge in [0.25, 0.3) is 0 Å². The van der Waals surface area contributed by atoms with E-state index in [1.165, 1.54) is 10.7 Å². The Kier molecular flexibility index (Phi) is 5.34. The Hall–Kier alpha value is -3.71. The first-order valence-electron chi connectivity index (χ1n) is 10.7. The molecule has 0 spiro atoms. The number of aryl methyl sites for hydroxylation is 1. The highest BCUT2D eigenvalue weighted by Gasteiger charge is 2.36. The molecule has 5 rings (SSSR count). The molecule has 2 heterocycles. The van der Waals surface area contributed by atoms with Crippen molar-refractivity contribution < 1.29 is 8.42 Å². The van der Waals surface area contributed by atoms with E-state index in [4.69, 9.17) is 5.10 Å². The normalized spacial score (nSPS) is 16.1. The van der Waals surface area contributed by atoms with Crippen LogP contribution in [0.25, 0.3) is 16.9 Å². The minimum Gasteiger partial charge on any atom is -0.240 e. The van der Waals surface area contributed by atoms with Crippen LogP contribution in [0.3, 0.4) is 0 Å². The van der Waals surface area contributed by atoms with E-state index in [0.717, 1.165) is 33.6 Å². The predicted octanol–water partition coefficient (Wildman–Crippen LogP) is 4.96. The Labute approximate surface area is 193 Å². The van der Waals surface area contributed by atoms with Crippen LogP contribution in [0.1, 0.15) is 29.2 Å². The van der Waals surface area contributed by atoms with Crippen LogP contribution in [0.4, 0.5) is 0 Å². The number of nitrogens with zero attached hydrogens (tertiary/aromatic N) is 4. The molecule has 33 heavy (non-hydrogen) atoms. The van der Waals surface area contributed by atoms with Crippen molar-refractivity contribution >= 4 is 15.7 Å². The van der Waals surface area contributed by atoms with Gasteiger partial charge in [-0.25, -0.2) is 13.1 Å². The highest BCUT2D eigenvalue weighted by atomic mass is 32.2. The van der Waals surface area contributed by atoms with Gasteiger partial charge >= 0.3 is 0 Å². The van der Waals surface area contributed by atoms with E-state index in [1.807, 2.05) is 103 Å². The van der Waals surface area contributed by atoms with Gasteiger partial charge in [0.2, 0.25) is 10.0 Å². The van der Waals surface area contributed by atoms with E-state index >= 15 is 0 Å². The van der Waals surface area contributed by atoms with Crippen LogP contribution in [-0.2, 0) is 10.0 Å². The molecule has 0 bridgehead atoms. The van der Waals surface area contributed by atoms with Crippen LogP contribution < -0.4 is 0 Å². The average Bonchev–Trinajstić information content (AvgIpc) is 3.46. The zero-order chi connectivity index (χ0) is 23.0. The van der Waals surface area contributed by atoms with E-state index in [-0.39, 0.29) is 6.04 Å². The molecule has 0 saturated heterocycles. The van der Waals surface area contributed by atoms with Crippen molar-refractivity contribution in [3.8, 4) is 16.9 Å². The lowest BCUT2D eigenvalue weighted by atomic mass is 9.97. The Morgan fingerprint density at radius 1 is 0.879 bits per heavy atom. The number of para-hydroxylation sites is 1. The monoisotopic (exact) mass is 456 g/mol. The van der Waals surface area contributed by atoms with Crippen molar-refractivity contribution in [2.45, 2.75) is 19.4 Å². The minimum atomic E-state index is -3.55. The van der Waals surface area contributed by atoms with E-state index in [2.05, 4.69) is 5.10 Å².